The SMILES string of the molecule is CC1=CCC(C(C)(C)C)C=C1. The first kappa shape index (κ1) is 8.58. The third-order valence-electron chi connectivity index (χ3n) is 2.40. The van der Waals surface area contributed by atoms with Gasteiger partial charge in [0.25, 0.3) is 0 Å². The van der Waals surface area contributed by atoms with Crippen LogP contribution in [0.2, 0.25) is 0 Å². The molecule has 0 N–H and O–H groups in total. The molecule has 0 heterocycles. The topological polar surface area (TPSA) is 0 Å². The minimum absolute atomic E-state index is 0.424. The van der Waals surface area contributed by atoms with Gasteiger partial charge >= 0.3 is 0 Å². The summed E-state index contributed by atoms with van der Waals surface area (Å²) < 4.78 is 0. The quantitative estimate of drug-likeness (QED) is 0.495. The number of hydrogen-bond acceptors (Lipinski definition) is 0. The summed E-state index contributed by atoms with van der Waals surface area (Å²) in [4.78, 5) is 0. The first-order chi connectivity index (χ1) is 5.00. The molecule has 1 atom stereocenters. The molecular formula is C11H18. The fraction of sp³-hybridized carbons (Fsp3) is 0.636. The van der Waals surface area contributed by atoms with Crippen LogP contribution in [0.4, 0.5) is 0 Å². The number of hydrogen-bond donors (Lipinski definition) is 0. The lowest BCUT2D eigenvalue weighted by Gasteiger charge is -2.29. The predicted molar refractivity (Wildman–Crippen MR) is 50.5 cm³/mol. The molecule has 0 fully saturated rings. The highest BCUT2D eigenvalue weighted by molar-refractivity contribution is 5.22. The van der Waals surface area contributed by atoms with E-state index in [-0.39, 0.29) is 0 Å². The lowest BCUT2D eigenvalue weighted by atomic mass is 9.76. The highest BCUT2D eigenvalue weighted by atomic mass is 14.3. The second kappa shape index (κ2) is 2.84. The van der Waals surface area contributed by atoms with E-state index >= 15 is 0 Å². The fourth-order valence-corrected chi connectivity index (χ4v) is 1.37. The minimum atomic E-state index is 0.424. The second-order valence-electron chi connectivity index (χ2n) is 4.52. The molecule has 0 aromatic heterocycles. The molecule has 0 aromatic carbocycles. The van der Waals surface area contributed by atoms with Crippen molar-refractivity contribution in [3.63, 3.8) is 0 Å². The maximum Gasteiger partial charge on any atom is -0.0147 e. The Morgan fingerprint density at radius 1 is 1.36 bits per heavy atom. The average molecular weight is 150 g/mol. The van der Waals surface area contributed by atoms with Gasteiger partial charge in [0.15, 0.2) is 0 Å². The lowest BCUT2D eigenvalue weighted by molar-refractivity contribution is 0.293. The van der Waals surface area contributed by atoms with E-state index < -0.39 is 0 Å². The van der Waals surface area contributed by atoms with Gasteiger partial charge in [0.05, 0.1) is 0 Å². The van der Waals surface area contributed by atoms with E-state index in [1.54, 1.807) is 0 Å². The van der Waals surface area contributed by atoms with Crippen molar-refractivity contribution in [3.05, 3.63) is 23.8 Å². The minimum Gasteiger partial charge on any atom is -0.0810 e. The van der Waals surface area contributed by atoms with Gasteiger partial charge < -0.3 is 0 Å². The normalized spacial score (nSPS) is 25.1. The van der Waals surface area contributed by atoms with Crippen LogP contribution in [-0.2, 0) is 0 Å². The first-order valence-corrected chi connectivity index (χ1v) is 4.35. The van der Waals surface area contributed by atoms with E-state index in [0.717, 1.165) is 5.92 Å². The molecule has 62 valence electrons. The monoisotopic (exact) mass is 150 g/mol. The molecule has 0 nitrogen and oxygen atoms in total. The highest BCUT2D eigenvalue weighted by Crippen LogP contribution is 2.32. The Hall–Kier alpha value is -0.520. The molecule has 0 spiro atoms. The number of rotatable bonds is 0. The Morgan fingerprint density at radius 3 is 2.36 bits per heavy atom. The molecule has 1 aliphatic rings. The fourth-order valence-electron chi connectivity index (χ4n) is 1.37. The summed E-state index contributed by atoms with van der Waals surface area (Å²) in [5, 5.41) is 0. The predicted octanol–water partition coefficient (Wildman–Crippen LogP) is 3.55. The van der Waals surface area contributed by atoms with Crippen LogP contribution in [0.1, 0.15) is 34.1 Å². The maximum atomic E-state index is 2.34. The standard InChI is InChI=1S/C11H18/c1-9-5-7-10(8-6-9)11(2,3)4/h5-7,10H,8H2,1-4H3. The van der Waals surface area contributed by atoms with Crippen molar-refractivity contribution in [2.24, 2.45) is 11.3 Å². The zero-order chi connectivity index (χ0) is 8.48. The number of allylic oxidation sites excluding steroid dienone is 4. The van der Waals surface area contributed by atoms with Gasteiger partial charge in [-0.3, -0.25) is 0 Å². The summed E-state index contributed by atoms with van der Waals surface area (Å²) in [6.45, 7) is 9.07. The Bertz CT molecular complexity index is 189. The van der Waals surface area contributed by atoms with Crippen LogP contribution in [0.15, 0.2) is 23.8 Å². The summed E-state index contributed by atoms with van der Waals surface area (Å²) in [6, 6.07) is 0. The molecule has 0 bridgehead atoms. The van der Waals surface area contributed by atoms with Gasteiger partial charge in [-0.25, -0.2) is 0 Å². The van der Waals surface area contributed by atoms with Crippen molar-refractivity contribution < 1.29 is 0 Å². The molecule has 11 heavy (non-hydrogen) atoms. The molecule has 0 aromatic rings. The van der Waals surface area contributed by atoms with E-state index in [1.807, 2.05) is 0 Å². The van der Waals surface area contributed by atoms with Gasteiger partial charge in [-0.15, -0.1) is 0 Å². The molecule has 1 unspecified atom stereocenters. The van der Waals surface area contributed by atoms with Gasteiger partial charge in [0, 0.05) is 0 Å². The summed E-state index contributed by atoms with van der Waals surface area (Å²) >= 11 is 0. The van der Waals surface area contributed by atoms with Crippen LogP contribution in [0, 0.1) is 11.3 Å². The van der Waals surface area contributed by atoms with Gasteiger partial charge in [-0.1, -0.05) is 44.6 Å². The van der Waals surface area contributed by atoms with Crippen LogP contribution in [-0.4, -0.2) is 0 Å². The molecule has 0 radical (unpaired) electrons. The second-order valence-corrected chi connectivity index (χ2v) is 4.52. The van der Waals surface area contributed by atoms with Crippen LogP contribution in [0.25, 0.3) is 0 Å². The molecule has 1 aliphatic carbocycles. The Balaban J connectivity index is 2.63. The molecule has 0 saturated carbocycles. The largest absolute Gasteiger partial charge is 0.0810 e. The van der Waals surface area contributed by atoms with Crippen LogP contribution >= 0.6 is 0 Å². The van der Waals surface area contributed by atoms with Crippen molar-refractivity contribution in [2.75, 3.05) is 0 Å². The summed E-state index contributed by atoms with van der Waals surface area (Å²) in [6.07, 6.45) is 8.12. The third kappa shape index (κ3) is 2.21. The van der Waals surface area contributed by atoms with Crippen molar-refractivity contribution in [1.29, 1.82) is 0 Å². The summed E-state index contributed by atoms with van der Waals surface area (Å²) in [5.41, 5.74) is 1.83. The van der Waals surface area contributed by atoms with Crippen molar-refractivity contribution >= 4 is 0 Å². The smallest absolute Gasteiger partial charge is 0.0147 e. The average Bonchev–Trinajstić information content (AvgIpc) is 1.86. The molecule has 0 aliphatic heterocycles. The van der Waals surface area contributed by atoms with Gasteiger partial charge in [0.2, 0.25) is 0 Å². The molecule has 1 rings (SSSR count). The van der Waals surface area contributed by atoms with Crippen LogP contribution in [0.5, 0.6) is 0 Å². The molecular weight excluding hydrogens is 132 g/mol. The molecule has 0 amide bonds. The molecule has 0 saturated heterocycles. The van der Waals surface area contributed by atoms with Gasteiger partial charge in [-0.2, -0.15) is 0 Å². The van der Waals surface area contributed by atoms with E-state index in [1.165, 1.54) is 12.0 Å². The zero-order valence-electron chi connectivity index (χ0n) is 8.02. The first-order valence-electron chi connectivity index (χ1n) is 4.35. The van der Waals surface area contributed by atoms with E-state index in [4.69, 9.17) is 0 Å². The Morgan fingerprint density at radius 2 is 2.00 bits per heavy atom. The van der Waals surface area contributed by atoms with Crippen LogP contribution in [0.3, 0.4) is 0 Å². The Kier molecular flexibility index (Phi) is 2.22. The van der Waals surface area contributed by atoms with Crippen molar-refractivity contribution in [3.8, 4) is 0 Å². The lowest BCUT2D eigenvalue weighted by Crippen LogP contribution is -2.18. The van der Waals surface area contributed by atoms with E-state index in [2.05, 4.69) is 45.9 Å². The van der Waals surface area contributed by atoms with E-state index in [9.17, 15) is 0 Å². The molecule has 0 heteroatoms. The van der Waals surface area contributed by atoms with Crippen LogP contribution < -0.4 is 0 Å². The third-order valence-corrected chi connectivity index (χ3v) is 2.40. The summed E-state index contributed by atoms with van der Waals surface area (Å²) in [5.74, 6) is 0.728. The van der Waals surface area contributed by atoms with Crippen molar-refractivity contribution in [1.82, 2.24) is 0 Å². The van der Waals surface area contributed by atoms with Crippen molar-refractivity contribution in [2.45, 2.75) is 34.1 Å². The maximum absolute atomic E-state index is 2.34. The van der Waals surface area contributed by atoms with E-state index in [0.29, 0.717) is 5.41 Å². The highest BCUT2D eigenvalue weighted by Gasteiger charge is 2.21. The Labute approximate surface area is 70.0 Å². The van der Waals surface area contributed by atoms with Gasteiger partial charge in [-0.05, 0) is 24.7 Å². The zero-order valence-corrected chi connectivity index (χ0v) is 8.02. The van der Waals surface area contributed by atoms with Gasteiger partial charge in [0.1, 0.15) is 0 Å². The summed E-state index contributed by atoms with van der Waals surface area (Å²) in [7, 11) is 0.